The van der Waals surface area contributed by atoms with E-state index in [9.17, 15) is 14.4 Å². The van der Waals surface area contributed by atoms with Crippen molar-refractivity contribution in [1.29, 1.82) is 0 Å². The van der Waals surface area contributed by atoms with Crippen LogP contribution in [0.15, 0.2) is 28.7 Å². The molecule has 2 amide bonds. The number of amides is 2. The van der Waals surface area contributed by atoms with Gasteiger partial charge in [0.25, 0.3) is 0 Å². The summed E-state index contributed by atoms with van der Waals surface area (Å²) in [6.45, 7) is 0.225. The van der Waals surface area contributed by atoms with E-state index in [2.05, 4.69) is 21.2 Å². The Balaban J connectivity index is 2.00. The molecule has 0 unspecified atom stereocenters. The van der Waals surface area contributed by atoms with E-state index in [-0.39, 0.29) is 37.2 Å². The van der Waals surface area contributed by atoms with Crippen LogP contribution in [0.5, 0.6) is 0 Å². The summed E-state index contributed by atoms with van der Waals surface area (Å²) in [5.74, 6) is -0.838. The first-order chi connectivity index (χ1) is 8.54. The first-order valence-corrected chi connectivity index (χ1v) is 6.18. The minimum Gasteiger partial charge on any atom is -0.294 e. The molecular formula is C12H11BrN2O3. The molecule has 1 fully saturated rings. The first kappa shape index (κ1) is 12.9. The number of Topliss-reactive ketones (excluding diaryl/α,β-unsaturated/α-hetero) is 1. The Labute approximate surface area is 112 Å². The van der Waals surface area contributed by atoms with Gasteiger partial charge >= 0.3 is 0 Å². The predicted molar refractivity (Wildman–Crippen MR) is 68.1 cm³/mol. The number of ketones is 1. The number of carbonyl (C=O) groups is 3. The van der Waals surface area contributed by atoms with Crippen LogP contribution in [-0.2, 0) is 9.59 Å². The molecule has 0 bridgehead atoms. The number of imide groups is 1. The SMILES string of the molecule is O=C1CN(CC(=O)c2ccc(Br)cc2)CC(=O)N1. The third kappa shape index (κ3) is 3.24. The number of halogens is 1. The van der Waals surface area contributed by atoms with Crippen molar-refractivity contribution in [2.45, 2.75) is 0 Å². The quantitative estimate of drug-likeness (QED) is 0.655. The molecule has 1 aliphatic rings. The second-order valence-corrected chi connectivity index (χ2v) is 4.96. The smallest absolute Gasteiger partial charge is 0.240 e. The summed E-state index contributed by atoms with van der Waals surface area (Å²) in [4.78, 5) is 35.8. The molecule has 1 aromatic carbocycles. The van der Waals surface area contributed by atoms with Gasteiger partial charge in [-0.2, -0.15) is 0 Å². The summed E-state index contributed by atoms with van der Waals surface area (Å²) in [6.07, 6.45) is 0. The van der Waals surface area contributed by atoms with Crippen LogP contribution in [-0.4, -0.2) is 42.1 Å². The average Bonchev–Trinajstić information content (AvgIpc) is 2.28. The van der Waals surface area contributed by atoms with E-state index in [1.165, 1.54) is 4.90 Å². The molecule has 0 spiro atoms. The van der Waals surface area contributed by atoms with Crippen LogP contribution in [0.2, 0.25) is 0 Å². The van der Waals surface area contributed by atoms with Crippen molar-refractivity contribution in [3.8, 4) is 0 Å². The standard InChI is InChI=1S/C12H11BrN2O3/c13-9-3-1-8(2-4-9)10(16)5-15-6-11(17)14-12(18)7-15/h1-4H,5-7H2,(H,14,17,18). The normalized spacial score (nSPS) is 16.5. The van der Waals surface area contributed by atoms with Crippen LogP contribution in [0, 0.1) is 0 Å². The Bertz CT molecular complexity index is 483. The molecule has 0 aromatic heterocycles. The fraction of sp³-hybridized carbons (Fsp3) is 0.250. The van der Waals surface area contributed by atoms with Crippen LogP contribution >= 0.6 is 15.9 Å². The van der Waals surface area contributed by atoms with Crippen molar-refractivity contribution in [2.75, 3.05) is 19.6 Å². The van der Waals surface area contributed by atoms with Gasteiger partial charge in [0.15, 0.2) is 5.78 Å². The Morgan fingerprint density at radius 1 is 1.17 bits per heavy atom. The summed E-state index contributed by atoms with van der Waals surface area (Å²) in [7, 11) is 0. The third-order valence-corrected chi connectivity index (χ3v) is 3.08. The second kappa shape index (κ2) is 5.41. The monoisotopic (exact) mass is 310 g/mol. The van der Waals surface area contributed by atoms with Crippen LogP contribution in [0.25, 0.3) is 0 Å². The summed E-state index contributed by atoms with van der Waals surface area (Å²) < 4.78 is 0.895. The Morgan fingerprint density at radius 3 is 2.28 bits per heavy atom. The van der Waals surface area contributed by atoms with Gasteiger partial charge in [-0.25, -0.2) is 0 Å². The summed E-state index contributed by atoms with van der Waals surface area (Å²) >= 11 is 3.29. The Hall–Kier alpha value is -1.53. The van der Waals surface area contributed by atoms with E-state index in [0.717, 1.165) is 4.47 Å². The molecule has 2 rings (SSSR count). The van der Waals surface area contributed by atoms with Crippen LogP contribution in [0.4, 0.5) is 0 Å². The first-order valence-electron chi connectivity index (χ1n) is 5.38. The second-order valence-electron chi connectivity index (χ2n) is 4.05. The van der Waals surface area contributed by atoms with Crippen molar-refractivity contribution in [1.82, 2.24) is 10.2 Å². The molecular weight excluding hydrogens is 300 g/mol. The van der Waals surface area contributed by atoms with Crippen LogP contribution < -0.4 is 5.32 Å². The number of piperazine rings is 1. The van der Waals surface area contributed by atoms with Gasteiger partial charge in [-0.3, -0.25) is 24.6 Å². The number of nitrogens with zero attached hydrogens (tertiary/aromatic N) is 1. The van der Waals surface area contributed by atoms with Gasteiger partial charge in [-0.15, -0.1) is 0 Å². The summed E-state index contributed by atoms with van der Waals surface area (Å²) in [6, 6.07) is 6.97. The molecule has 1 aliphatic heterocycles. The molecule has 1 aromatic rings. The maximum Gasteiger partial charge on any atom is 0.240 e. The lowest BCUT2D eigenvalue weighted by Crippen LogP contribution is -2.52. The highest BCUT2D eigenvalue weighted by Crippen LogP contribution is 2.11. The number of carbonyl (C=O) groups excluding carboxylic acids is 3. The lowest BCUT2D eigenvalue weighted by molar-refractivity contribution is -0.135. The summed E-state index contributed by atoms with van der Waals surface area (Å²) in [5.41, 5.74) is 0.566. The fourth-order valence-corrected chi connectivity index (χ4v) is 2.00. The molecule has 18 heavy (non-hydrogen) atoms. The Kier molecular flexibility index (Phi) is 3.88. The van der Waals surface area contributed by atoms with Crippen molar-refractivity contribution >= 4 is 33.5 Å². The number of benzene rings is 1. The molecule has 94 valence electrons. The number of hydrogen-bond acceptors (Lipinski definition) is 4. The predicted octanol–water partition coefficient (Wildman–Crippen LogP) is 0.590. The van der Waals surface area contributed by atoms with Crippen LogP contribution in [0.1, 0.15) is 10.4 Å². The highest BCUT2D eigenvalue weighted by atomic mass is 79.9. The molecule has 1 saturated heterocycles. The molecule has 0 aliphatic carbocycles. The van der Waals surface area contributed by atoms with Gasteiger partial charge in [0.1, 0.15) is 0 Å². The third-order valence-electron chi connectivity index (χ3n) is 2.55. The van der Waals surface area contributed by atoms with Gasteiger partial charge in [-0.1, -0.05) is 28.1 Å². The summed E-state index contributed by atoms with van der Waals surface area (Å²) in [5, 5.41) is 2.19. The van der Waals surface area contributed by atoms with E-state index in [4.69, 9.17) is 0 Å². The van der Waals surface area contributed by atoms with Crippen molar-refractivity contribution in [3.05, 3.63) is 34.3 Å². The topological polar surface area (TPSA) is 66.5 Å². The molecule has 1 heterocycles. The minimum atomic E-state index is -0.366. The van der Waals surface area contributed by atoms with Gasteiger partial charge < -0.3 is 0 Å². The number of rotatable bonds is 3. The van der Waals surface area contributed by atoms with Gasteiger partial charge in [-0.05, 0) is 12.1 Å². The lowest BCUT2D eigenvalue weighted by atomic mass is 10.1. The number of hydrogen-bond donors (Lipinski definition) is 1. The van der Waals surface area contributed by atoms with Crippen LogP contribution in [0.3, 0.4) is 0 Å². The highest BCUT2D eigenvalue weighted by molar-refractivity contribution is 9.10. The van der Waals surface area contributed by atoms with Crippen molar-refractivity contribution in [2.24, 2.45) is 0 Å². The lowest BCUT2D eigenvalue weighted by Gasteiger charge is -2.24. The molecule has 0 radical (unpaired) electrons. The largest absolute Gasteiger partial charge is 0.294 e. The Morgan fingerprint density at radius 2 is 1.72 bits per heavy atom. The number of nitrogens with one attached hydrogen (secondary N) is 1. The van der Waals surface area contributed by atoms with Gasteiger partial charge in [0, 0.05) is 10.0 Å². The van der Waals surface area contributed by atoms with E-state index in [1.807, 2.05) is 0 Å². The van der Waals surface area contributed by atoms with E-state index < -0.39 is 0 Å². The molecule has 0 atom stereocenters. The van der Waals surface area contributed by atoms with Crippen molar-refractivity contribution < 1.29 is 14.4 Å². The van der Waals surface area contributed by atoms with Crippen molar-refractivity contribution in [3.63, 3.8) is 0 Å². The zero-order valence-corrected chi connectivity index (χ0v) is 11.1. The maximum absolute atomic E-state index is 11.9. The zero-order chi connectivity index (χ0) is 13.1. The zero-order valence-electron chi connectivity index (χ0n) is 9.48. The maximum atomic E-state index is 11.9. The molecule has 5 nitrogen and oxygen atoms in total. The van der Waals surface area contributed by atoms with E-state index in [1.54, 1.807) is 24.3 Å². The molecule has 0 saturated carbocycles. The van der Waals surface area contributed by atoms with Gasteiger partial charge in [0.05, 0.1) is 19.6 Å². The average molecular weight is 311 g/mol. The van der Waals surface area contributed by atoms with E-state index >= 15 is 0 Å². The molecule has 6 heteroatoms. The fourth-order valence-electron chi connectivity index (χ4n) is 1.74. The minimum absolute atomic E-state index is 0.0702. The highest BCUT2D eigenvalue weighted by Gasteiger charge is 2.24. The molecule has 1 N–H and O–H groups in total. The van der Waals surface area contributed by atoms with E-state index in [0.29, 0.717) is 5.56 Å². The van der Waals surface area contributed by atoms with Gasteiger partial charge in [0.2, 0.25) is 11.8 Å².